The highest BCUT2D eigenvalue weighted by Gasteiger charge is 2.21. The fraction of sp³-hybridized carbons (Fsp3) is 0.615. The van der Waals surface area contributed by atoms with E-state index in [-0.39, 0.29) is 0 Å². The summed E-state index contributed by atoms with van der Waals surface area (Å²) in [6.45, 7) is 2.27. The zero-order valence-corrected chi connectivity index (χ0v) is 12.6. The Bertz CT molecular complexity index is 439. The molecule has 4 N–H and O–H groups in total. The van der Waals surface area contributed by atoms with E-state index in [1.807, 2.05) is 0 Å². The molecular weight excluding hydrogens is 283 g/mol. The average Bonchev–Trinajstić information content (AvgIpc) is 2.58. The molecule has 2 unspecified atom stereocenters. The Balaban J connectivity index is 2.17. The first-order valence-corrected chi connectivity index (χ1v) is 7.46. The molecule has 0 aliphatic heterocycles. The van der Waals surface area contributed by atoms with Crippen molar-refractivity contribution in [1.82, 2.24) is 4.98 Å². The Morgan fingerprint density at radius 1 is 1.16 bits per heavy atom. The quantitative estimate of drug-likeness (QED) is 0.448. The lowest BCUT2D eigenvalue weighted by Gasteiger charge is -2.24. The first kappa shape index (κ1) is 14.7. The number of nitrogens with one attached hydrogen (secondary N) is 2. The smallest absolute Gasteiger partial charge is 0.161 e. The van der Waals surface area contributed by atoms with Crippen LogP contribution < -0.4 is 16.6 Å². The molecule has 1 aromatic heterocycles. The minimum atomic E-state index is 0.402. The van der Waals surface area contributed by atoms with Crippen molar-refractivity contribution >= 4 is 34.8 Å². The minimum absolute atomic E-state index is 0.402. The fourth-order valence-electron chi connectivity index (χ4n) is 2.55. The molecular formula is C13H20Cl2N4. The molecule has 19 heavy (non-hydrogen) atoms. The molecule has 1 fully saturated rings. The van der Waals surface area contributed by atoms with Gasteiger partial charge in [0, 0.05) is 6.04 Å². The second-order valence-electron chi connectivity index (χ2n) is 5.16. The number of hydrazine groups is 1. The van der Waals surface area contributed by atoms with E-state index in [1.165, 1.54) is 25.7 Å². The van der Waals surface area contributed by atoms with Gasteiger partial charge in [-0.2, -0.15) is 0 Å². The molecule has 6 heteroatoms. The van der Waals surface area contributed by atoms with Gasteiger partial charge in [-0.3, -0.25) is 0 Å². The molecule has 2 atom stereocenters. The molecule has 0 amide bonds. The van der Waals surface area contributed by atoms with Crippen LogP contribution in [-0.2, 0) is 0 Å². The van der Waals surface area contributed by atoms with Crippen molar-refractivity contribution in [3.63, 3.8) is 0 Å². The molecule has 4 nitrogen and oxygen atoms in total. The number of hydrogen-bond donors (Lipinski definition) is 3. The summed E-state index contributed by atoms with van der Waals surface area (Å²) in [5.74, 6) is 7.09. The molecule has 0 aromatic carbocycles. The molecule has 1 saturated carbocycles. The number of pyridine rings is 1. The van der Waals surface area contributed by atoms with Gasteiger partial charge >= 0.3 is 0 Å². The van der Waals surface area contributed by atoms with Crippen LogP contribution in [0.25, 0.3) is 0 Å². The highest BCUT2D eigenvalue weighted by molar-refractivity contribution is 6.37. The van der Waals surface area contributed by atoms with Crippen LogP contribution in [0.4, 0.5) is 11.6 Å². The lowest BCUT2D eigenvalue weighted by atomic mass is 9.97. The molecule has 1 aliphatic rings. The van der Waals surface area contributed by atoms with Gasteiger partial charge in [0.15, 0.2) is 5.82 Å². The summed E-state index contributed by atoms with van der Waals surface area (Å²) in [7, 11) is 0. The third-order valence-corrected chi connectivity index (χ3v) is 4.33. The normalized spacial score (nSPS) is 23.8. The number of aromatic nitrogens is 1. The van der Waals surface area contributed by atoms with Crippen LogP contribution in [0.5, 0.6) is 0 Å². The van der Waals surface area contributed by atoms with Crippen molar-refractivity contribution in [2.75, 3.05) is 10.7 Å². The standard InChI is InChI=1S/C13H20Cl2N4/c1-8-5-3-2-4-6-11(8)17-12-9(14)7-10(15)13(18-12)19-16/h7-8,11H,2-6,16H2,1H3,(H2,17,18,19). The lowest BCUT2D eigenvalue weighted by Crippen LogP contribution is -2.27. The van der Waals surface area contributed by atoms with Crippen LogP contribution in [0, 0.1) is 5.92 Å². The van der Waals surface area contributed by atoms with Crippen LogP contribution in [0.1, 0.15) is 39.0 Å². The maximum absolute atomic E-state index is 6.19. The number of anilines is 2. The summed E-state index contributed by atoms with van der Waals surface area (Å²) < 4.78 is 0. The van der Waals surface area contributed by atoms with E-state index in [2.05, 4.69) is 22.7 Å². The number of rotatable bonds is 3. The van der Waals surface area contributed by atoms with Gasteiger partial charge in [0.05, 0.1) is 10.0 Å². The number of nitrogens with two attached hydrogens (primary N) is 1. The van der Waals surface area contributed by atoms with Gasteiger partial charge in [0.1, 0.15) is 5.82 Å². The number of hydrogen-bond acceptors (Lipinski definition) is 4. The zero-order chi connectivity index (χ0) is 13.8. The van der Waals surface area contributed by atoms with E-state index in [1.54, 1.807) is 6.07 Å². The SMILES string of the molecule is CC1CCCCCC1Nc1nc(NN)c(Cl)cc1Cl. The zero-order valence-electron chi connectivity index (χ0n) is 11.0. The summed E-state index contributed by atoms with van der Waals surface area (Å²) in [5.41, 5.74) is 2.48. The molecule has 2 rings (SSSR count). The predicted molar refractivity (Wildman–Crippen MR) is 81.7 cm³/mol. The molecule has 0 saturated heterocycles. The summed E-state index contributed by atoms with van der Waals surface area (Å²) in [4.78, 5) is 4.34. The predicted octanol–water partition coefficient (Wildman–Crippen LogP) is 4.05. The van der Waals surface area contributed by atoms with E-state index in [9.17, 15) is 0 Å². The first-order valence-electron chi connectivity index (χ1n) is 6.71. The summed E-state index contributed by atoms with van der Waals surface area (Å²) in [6.07, 6.45) is 6.24. The van der Waals surface area contributed by atoms with E-state index < -0.39 is 0 Å². The Labute approximate surface area is 124 Å². The van der Waals surface area contributed by atoms with Gasteiger partial charge in [0.2, 0.25) is 0 Å². The maximum Gasteiger partial charge on any atom is 0.161 e. The number of nitrogens with zero attached hydrogens (tertiary/aromatic N) is 1. The third kappa shape index (κ3) is 3.65. The fourth-order valence-corrected chi connectivity index (χ4v) is 3.02. The van der Waals surface area contributed by atoms with Crippen molar-refractivity contribution < 1.29 is 0 Å². The largest absolute Gasteiger partial charge is 0.366 e. The Kier molecular flexibility index (Phi) is 5.13. The second kappa shape index (κ2) is 6.64. The Morgan fingerprint density at radius 2 is 1.84 bits per heavy atom. The van der Waals surface area contributed by atoms with E-state index in [4.69, 9.17) is 29.0 Å². The number of nitrogen functional groups attached to an aromatic ring is 1. The number of halogens is 2. The monoisotopic (exact) mass is 302 g/mol. The molecule has 0 bridgehead atoms. The Morgan fingerprint density at radius 3 is 2.58 bits per heavy atom. The second-order valence-corrected chi connectivity index (χ2v) is 5.97. The highest BCUT2D eigenvalue weighted by Crippen LogP contribution is 2.32. The lowest BCUT2D eigenvalue weighted by molar-refractivity contribution is 0.456. The van der Waals surface area contributed by atoms with Gasteiger partial charge in [-0.15, -0.1) is 0 Å². The van der Waals surface area contributed by atoms with E-state index in [0.29, 0.717) is 33.6 Å². The van der Waals surface area contributed by atoms with Crippen LogP contribution in [-0.4, -0.2) is 11.0 Å². The molecule has 1 aromatic rings. The highest BCUT2D eigenvalue weighted by atomic mass is 35.5. The van der Waals surface area contributed by atoms with Gasteiger partial charge in [-0.05, 0) is 24.8 Å². The molecule has 1 heterocycles. The van der Waals surface area contributed by atoms with Gasteiger partial charge in [-0.25, -0.2) is 10.8 Å². The van der Waals surface area contributed by atoms with Gasteiger partial charge in [0.25, 0.3) is 0 Å². The minimum Gasteiger partial charge on any atom is -0.366 e. The molecule has 106 valence electrons. The molecule has 1 aliphatic carbocycles. The van der Waals surface area contributed by atoms with E-state index >= 15 is 0 Å². The summed E-state index contributed by atoms with van der Waals surface area (Å²) in [6, 6.07) is 2.06. The van der Waals surface area contributed by atoms with Crippen molar-refractivity contribution in [3.8, 4) is 0 Å². The van der Waals surface area contributed by atoms with Crippen LogP contribution >= 0.6 is 23.2 Å². The Hall–Kier alpha value is -0.710. The van der Waals surface area contributed by atoms with Crippen LogP contribution in [0.15, 0.2) is 6.07 Å². The third-order valence-electron chi connectivity index (χ3n) is 3.75. The van der Waals surface area contributed by atoms with Crippen molar-refractivity contribution in [2.45, 2.75) is 45.1 Å². The van der Waals surface area contributed by atoms with Gasteiger partial charge in [-0.1, -0.05) is 49.4 Å². The topological polar surface area (TPSA) is 63.0 Å². The van der Waals surface area contributed by atoms with Crippen LogP contribution in [0.3, 0.4) is 0 Å². The summed E-state index contributed by atoms with van der Waals surface area (Å²) in [5, 5.41) is 4.39. The average molecular weight is 303 g/mol. The van der Waals surface area contributed by atoms with Crippen molar-refractivity contribution in [1.29, 1.82) is 0 Å². The van der Waals surface area contributed by atoms with Crippen molar-refractivity contribution in [2.24, 2.45) is 11.8 Å². The van der Waals surface area contributed by atoms with E-state index in [0.717, 1.165) is 6.42 Å². The molecule has 0 radical (unpaired) electrons. The van der Waals surface area contributed by atoms with Gasteiger partial charge < -0.3 is 10.7 Å². The molecule has 0 spiro atoms. The van der Waals surface area contributed by atoms with Crippen molar-refractivity contribution in [3.05, 3.63) is 16.1 Å². The summed E-state index contributed by atoms with van der Waals surface area (Å²) >= 11 is 12.2. The maximum atomic E-state index is 6.19. The van der Waals surface area contributed by atoms with Crippen LogP contribution in [0.2, 0.25) is 10.0 Å². The first-order chi connectivity index (χ1) is 9.11.